The Bertz CT molecular complexity index is 1610. The molecule has 0 aliphatic carbocycles. The monoisotopic (exact) mass is 632 g/mol. The van der Waals surface area contributed by atoms with Gasteiger partial charge in [-0.2, -0.15) is 0 Å². The first-order valence-electron chi connectivity index (χ1n) is 14.3. The minimum Gasteiger partial charge on any atom is -0.453 e. The molecule has 2 heterocycles. The molecule has 2 atom stereocenters. The number of carbonyl (C=O) groups excluding carboxylic acids is 4. The van der Waals surface area contributed by atoms with Crippen molar-refractivity contribution in [1.82, 2.24) is 10.2 Å². The summed E-state index contributed by atoms with van der Waals surface area (Å²) < 4.78 is 15.5. The average Bonchev–Trinajstić information content (AvgIpc) is 3.46. The molecule has 3 N–H and O–H groups in total. The second-order valence-electron chi connectivity index (χ2n) is 10.7. The van der Waals surface area contributed by atoms with Crippen LogP contribution in [0.25, 0.3) is 6.08 Å². The average molecular weight is 633 g/mol. The third-order valence-electron chi connectivity index (χ3n) is 7.72. The van der Waals surface area contributed by atoms with Crippen molar-refractivity contribution < 1.29 is 33.4 Å². The summed E-state index contributed by atoms with van der Waals surface area (Å²) in [6.07, 6.45) is 3.19. The molecule has 0 bridgehead atoms. The van der Waals surface area contributed by atoms with Crippen molar-refractivity contribution in [3.05, 3.63) is 100 Å². The van der Waals surface area contributed by atoms with E-state index in [9.17, 15) is 19.2 Å². The minimum absolute atomic E-state index is 0.107. The van der Waals surface area contributed by atoms with Gasteiger partial charge in [-0.3, -0.25) is 20.2 Å². The second-order valence-corrected chi connectivity index (χ2v) is 11.2. The molecule has 5 rings (SSSR count). The molecule has 0 saturated carbocycles. The van der Waals surface area contributed by atoms with Crippen LogP contribution in [-0.4, -0.2) is 68.9 Å². The molecule has 1 spiro atoms. The summed E-state index contributed by atoms with van der Waals surface area (Å²) in [5.74, 6) is -0.775. The van der Waals surface area contributed by atoms with Gasteiger partial charge in [-0.25, -0.2) is 9.59 Å². The van der Waals surface area contributed by atoms with Crippen LogP contribution < -0.4 is 16.0 Å². The van der Waals surface area contributed by atoms with Crippen LogP contribution in [-0.2, 0) is 31.0 Å². The van der Waals surface area contributed by atoms with E-state index in [0.717, 1.165) is 11.1 Å². The Morgan fingerprint density at radius 2 is 1.84 bits per heavy atom. The van der Waals surface area contributed by atoms with Crippen molar-refractivity contribution >= 4 is 53.1 Å². The Kier molecular flexibility index (Phi) is 9.70. The lowest BCUT2D eigenvalue weighted by atomic mass is 9.90. The van der Waals surface area contributed by atoms with Gasteiger partial charge in [-0.15, -0.1) is 0 Å². The topological polar surface area (TPSA) is 135 Å². The number of amides is 4. The molecule has 0 radical (unpaired) electrons. The van der Waals surface area contributed by atoms with Crippen LogP contribution in [0.2, 0.25) is 5.02 Å². The number of nitrogens with one attached hydrogen (secondary N) is 3. The molecule has 2 aliphatic rings. The first-order chi connectivity index (χ1) is 21.7. The highest BCUT2D eigenvalue weighted by Crippen LogP contribution is 2.44. The standard InChI is InChI=1S/C33H33ClN4O7/c1-43-17-3-4-21-5-7-22(8-6-21)18-28(36-29(39)23-9-12-25(13-10-23)35-31(41)44-2)30(40)38-16-15-33(20-38)26-19-24(34)11-14-27(26)37-32(42)45-33/h3-14,19,28H,15-18,20H2,1-2H3,(H,35,41)(H,36,39)(H,37,42)/b4-3+/t28-,33-/m0/s1. The number of nitrogens with zero attached hydrogens (tertiary/aromatic N) is 1. The van der Waals surface area contributed by atoms with Gasteiger partial charge in [0.05, 0.1) is 25.9 Å². The molecule has 1 fully saturated rings. The van der Waals surface area contributed by atoms with Crippen LogP contribution in [0.1, 0.15) is 33.5 Å². The van der Waals surface area contributed by atoms with Crippen molar-refractivity contribution in [2.45, 2.75) is 24.5 Å². The van der Waals surface area contributed by atoms with E-state index < -0.39 is 29.7 Å². The van der Waals surface area contributed by atoms with E-state index in [-0.39, 0.29) is 18.9 Å². The van der Waals surface area contributed by atoms with Gasteiger partial charge in [-0.1, -0.05) is 48.0 Å². The number of hydrogen-bond donors (Lipinski definition) is 3. The largest absolute Gasteiger partial charge is 0.453 e. The number of anilines is 2. The smallest absolute Gasteiger partial charge is 0.412 e. The van der Waals surface area contributed by atoms with Crippen molar-refractivity contribution in [1.29, 1.82) is 0 Å². The van der Waals surface area contributed by atoms with Crippen molar-refractivity contribution in [3.8, 4) is 0 Å². The summed E-state index contributed by atoms with van der Waals surface area (Å²) in [4.78, 5) is 53.1. The maximum atomic E-state index is 14.1. The number of hydrogen-bond acceptors (Lipinski definition) is 7. The highest BCUT2D eigenvalue weighted by atomic mass is 35.5. The Balaban J connectivity index is 1.37. The molecular formula is C33H33ClN4O7. The van der Waals surface area contributed by atoms with Crippen LogP contribution in [0.5, 0.6) is 0 Å². The number of methoxy groups -OCH3 is 2. The Labute approximate surface area is 265 Å². The van der Waals surface area contributed by atoms with E-state index in [1.54, 1.807) is 54.5 Å². The van der Waals surface area contributed by atoms with Gasteiger partial charge in [-0.05, 0) is 53.6 Å². The third kappa shape index (κ3) is 7.44. The molecule has 4 amide bonds. The van der Waals surface area contributed by atoms with Gasteiger partial charge in [0.1, 0.15) is 6.04 Å². The van der Waals surface area contributed by atoms with Gasteiger partial charge in [0.25, 0.3) is 5.91 Å². The molecule has 11 nitrogen and oxygen atoms in total. The molecule has 3 aromatic carbocycles. The molecule has 0 unspecified atom stereocenters. The van der Waals surface area contributed by atoms with Gasteiger partial charge in [0.15, 0.2) is 5.60 Å². The quantitative estimate of drug-likeness (QED) is 0.295. The first-order valence-corrected chi connectivity index (χ1v) is 14.7. The molecule has 3 aromatic rings. The number of fused-ring (bicyclic) bond motifs is 2. The Morgan fingerprint density at radius 3 is 2.56 bits per heavy atom. The van der Waals surface area contributed by atoms with Crippen molar-refractivity contribution in [2.24, 2.45) is 0 Å². The zero-order valence-electron chi connectivity index (χ0n) is 24.8. The fourth-order valence-electron chi connectivity index (χ4n) is 5.46. The van der Waals surface area contributed by atoms with E-state index in [1.165, 1.54) is 7.11 Å². The summed E-state index contributed by atoms with van der Waals surface area (Å²) in [6.45, 7) is 0.904. The van der Waals surface area contributed by atoms with Crippen LogP contribution in [0.3, 0.4) is 0 Å². The summed E-state index contributed by atoms with van der Waals surface area (Å²) in [7, 11) is 2.88. The summed E-state index contributed by atoms with van der Waals surface area (Å²) in [5, 5.41) is 8.62. The fraction of sp³-hybridized carbons (Fsp3) is 0.273. The van der Waals surface area contributed by atoms with Crippen LogP contribution in [0.4, 0.5) is 21.0 Å². The van der Waals surface area contributed by atoms with Gasteiger partial charge in [0.2, 0.25) is 5.91 Å². The second kappa shape index (κ2) is 13.8. The Morgan fingerprint density at radius 1 is 1.09 bits per heavy atom. The lowest BCUT2D eigenvalue weighted by Gasteiger charge is -2.35. The summed E-state index contributed by atoms with van der Waals surface area (Å²) in [6, 6.07) is 18.1. The fourth-order valence-corrected chi connectivity index (χ4v) is 5.63. The lowest BCUT2D eigenvalue weighted by Crippen LogP contribution is -2.50. The maximum absolute atomic E-state index is 14.1. The predicted molar refractivity (Wildman–Crippen MR) is 169 cm³/mol. The predicted octanol–water partition coefficient (Wildman–Crippen LogP) is 5.21. The zero-order valence-corrected chi connectivity index (χ0v) is 25.6. The Hall–Kier alpha value is -4.87. The van der Waals surface area contributed by atoms with Gasteiger partial charge in [0, 0.05) is 48.3 Å². The minimum atomic E-state index is -1.06. The zero-order chi connectivity index (χ0) is 32.0. The summed E-state index contributed by atoms with van der Waals surface area (Å²) >= 11 is 6.28. The first kappa shape index (κ1) is 31.6. The van der Waals surface area contributed by atoms with Crippen LogP contribution >= 0.6 is 11.6 Å². The van der Waals surface area contributed by atoms with Crippen molar-refractivity contribution in [2.75, 3.05) is 44.5 Å². The molecule has 0 aromatic heterocycles. The van der Waals surface area contributed by atoms with E-state index in [4.69, 9.17) is 21.1 Å². The third-order valence-corrected chi connectivity index (χ3v) is 7.95. The SMILES string of the molecule is COC/C=C/c1ccc(C[C@H](NC(=O)c2ccc(NC(=O)OC)cc2)C(=O)N2CC[C@@]3(C2)OC(=O)Nc2ccc(Cl)cc23)cc1. The highest BCUT2D eigenvalue weighted by Gasteiger charge is 2.49. The maximum Gasteiger partial charge on any atom is 0.412 e. The van der Waals surface area contributed by atoms with E-state index >= 15 is 0 Å². The molecule has 2 aliphatic heterocycles. The number of ether oxygens (including phenoxy) is 3. The highest BCUT2D eigenvalue weighted by molar-refractivity contribution is 6.30. The number of carbonyl (C=O) groups is 4. The van der Waals surface area contributed by atoms with E-state index in [2.05, 4.69) is 20.7 Å². The molecule has 12 heteroatoms. The normalized spacial score (nSPS) is 17.8. The lowest BCUT2D eigenvalue weighted by molar-refractivity contribution is -0.133. The van der Waals surface area contributed by atoms with E-state index in [0.29, 0.717) is 47.1 Å². The van der Waals surface area contributed by atoms with Crippen LogP contribution in [0.15, 0.2) is 72.8 Å². The number of likely N-dealkylation sites (tertiary alicyclic amines) is 1. The van der Waals surface area contributed by atoms with Gasteiger partial charge < -0.3 is 24.4 Å². The van der Waals surface area contributed by atoms with E-state index in [1.807, 2.05) is 36.4 Å². The van der Waals surface area contributed by atoms with Crippen molar-refractivity contribution in [3.63, 3.8) is 0 Å². The molecule has 1 saturated heterocycles. The van der Waals surface area contributed by atoms with Gasteiger partial charge >= 0.3 is 12.2 Å². The number of halogens is 1. The number of benzene rings is 3. The molecular weight excluding hydrogens is 600 g/mol. The molecule has 234 valence electrons. The molecule has 45 heavy (non-hydrogen) atoms. The summed E-state index contributed by atoms with van der Waals surface area (Å²) in [5.41, 5.74) is 2.78. The van der Waals surface area contributed by atoms with Crippen LogP contribution in [0, 0.1) is 0 Å². The number of rotatable bonds is 9.